The Balaban J connectivity index is 0.00000225. The van der Waals surface area contributed by atoms with E-state index in [9.17, 15) is 13.5 Å². The molecule has 0 radical (unpaired) electrons. The van der Waals surface area contributed by atoms with E-state index in [1.165, 1.54) is 16.4 Å². The van der Waals surface area contributed by atoms with Crippen molar-refractivity contribution in [3.63, 3.8) is 0 Å². The number of hydrogen-bond donors (Lipinski definition) is 3. The molecule has 1 heterocycles. The number of para-hydroxylation sites is 1. The second-order valence-electron chi connectivity index (χ2n) is 5.71. The Hall–Kier alpha value is -1.35. The lowest BCUT2D eigenvalue weighted by molar-refractivity contribution is 0.331. The molecule has 0 saturated heterocycles. The fourth-order valence-electron chi connectivity index (χ4n) is 2.88. The van der Waals surface area contributed by atoms with Crippen LogP contribution in [-0.4, -0.2) is 33.5 Å². The highest BCUT2D eigenvalue weighted by Crippen LogP contribution is 2.58. The summed E-state index contributed by atoms with van der Waals surface area (Å²) in [7, 11) is -1.39. The predicted molar refractivity (Wildman–Crippen MR) is 104 cm³/mol. The molecule has 0 atom stereocenters. The van der Waals surface area contributed by atoms with Crippen LogP contribution in [0.1, 0.15) is 12.0 Å². The monoisotopic (exact) mass is 387 g/mol. The van der Waals surface area contributed by atoms with Crippen LogP contribution in [0.4, 0.5) is 15.8 Å². The zero-order valence-electron chi connectivity index (χ0n) is 13.9. The maximum absolute atomic E-state index is 13.7. The fraction of sp³-hybridized carbons (Fsp3) is 0.294. The number of anilines is 2. The van der Waals surface area contributed by atoms with Gasteiger partial charge in [-0.2, -0.15) is 4.31 Å². The topological polar surface area (TPSA) is 59.0 Å². The van der Waals surface area contributed by atoms with Gasteiger partial charge in [0, 0.05) is 13.1 Å². The lowest BCUT2D eigenvalue weighted by Crippen LogP contribution is -2.42. The average Bonchev–Trinajstić information content (AvgIpc) is 2.55. The van der Waals surface area contributed by atoms with E-state index in [2.05, 4.69) is 5.32 Å². The van der Waals surface area contributed by atoms with Crippen molar-refractivity contribution in [1.29, 1.82) is 0 Å². The van der Waals surface area contributed by atoms with Gasteiger partial charge in [0.2, 0.25) is 0 Å². The minimum atomic E-state index is -3.26. The Bertz CT molecular complexity index is 720. The first-order chi connectivity index (χ1) is 11.5. The molecule has 0 fully saturated rings. The molecule has 25 heavy (non-hydrogen) atoms. The summed E-state index contributed by atoms with van der Waals surface area (Å²) in [5.41, 5.74) is 2.12. The van der Waals surface area contributed by atoms with Crippen LogP contribution in [0, 0.1) is 5.82 Å². The van der Waals surface area contributed by atoms with Gasteiger partial charge in [-0.05, 0) is 60.8 Å². The minimum absolute atomic E-state index is 0. The summed E-state index contributed by atoms with van der Waals surface area (Å²) < 4.78 is 38.7. The zero-order valence-corrected chi connectivity index (χ0v) is 15.6. The van der Waals surface area contributed by atoms with Crippen LogP contribution < -0.4 is 9.62 Å². The maximum Gasteiger partial charge on any atom is 0.125 e. The van der Waals surface area contributed by atoms with Crippen molar-refractivity contribution in [2.75, 3.05) is 24.4 Å². The van der Waals surface area contributed by atoms with Crippen LogP contribution in [0.15, 0.2) is 48.5 Å². The van der Waals surface area contributed by atoms with Gasteiger partial charge in [-0.15, -0.1) is 12.4 Å². The summed E-state index contributed by atoms with van der Waals surface area (Å²) in [6.07, 6.45) is 0.783. The summed E-state index contributed by atoms with van der Waals surface area (Å²) in [6.45, 7) is 1.77. The van der Waals surface area contributed by atoms with Crippen LogP contribution in [0.3, 0.4) is 0 Å². The summed E-state index contributed by atoms with van der Waals surface area (Å²) >= 11 is 0. The average molecular weight is 388 g/mol. The molecule has 0 aliphatic carbocycles. The van der Waals surface area contributed by atoms with Crippen LogP contribution in [0.25, 0.3) is 0 Å². The van der Waals surface area contributed by atoms with Crippen LogP contribution in [0.2, 0.25) is 0 Å². The standard InChI is InChI=1S/C17H22FN3O2S.ClH/c1-19-10-5-11-20-13-14-6-2-3-9-17(14)21(24(20,22)23)16-8-4-7-15(18)12-16;/h2-4,6-9,12,19,22-23H,5,10-11,13H2,1H3;1H. The van der Waals surface area contributed by atoms with E-state index in [1.807, 2.05) is 31.3 Å². The molecule has 1 aliphatic rings. The first-order valence-corrected chi connectivity index (χ1v) is 9.32. The lowest BCUT2D eigenvalue weighted by Gasteiger charge is -2.53. The Morgan fingerprint density at radius 2 is 1.92 bits per heavy atom. The van der Waals surface area contributed by atoms with E-state index in [4.69, 9.17) is 0 Å². The molecule has 0 saturated carbocycles. The number of fused-ring (bicyclic) bond motifs is 1. The fourth-order valence-corrected chi connectivity index (χ4v) is 4.64. The van der Waals surface area contributed by atoms with Crippen molar-refractivity contribution >= 4 is 34.7 Å². The molecule has 3 rings (SSSR count). The molecule has 0 bridgehead atoms. The van der Waals surface area contributed by atoms with Crippen LogP contribution in [-0.2, 0) is 6.54 Å². The van der Waals surface area contributed by atoms with E-state index < -0.39 is 16.8 Å². The Labute approximate surface area is 155 Å². The molecule has 8 heteroatoms. The smallest absolute Gasteiger partial charge is 0.125 e. The molecular weight excluding hydrogens is 365 g/mol. The summed E-state index contributed by atoms with van der Waals surface area (Å²) in [5, 5.41) is 3.06. The van der Waals surface area contributed by atoms with Crippen LogP contribution in [0.5, 0.6) is 0 Å². The van der Waals surface area contributed by atoms with Crippen molar-refractivity contribution in [3.8, 4) is 0 Å². The summed E-state index contributed by atoms with van der Waals surface area (Å²) in [4.78, 5) is 0. The first kappa shape index (κ1) is 20.0. The highest BCUT2D eigenvalue weighted by atomic mass is 35.5. The zero-order chi connectivity index (χ0) is 17.2. The molecule has 2 aromatic rings. The lowest BCUT2D eigenvalue weighted by atomic mass is 10.1. The first-order valence-electron chi connectivity index (χ1n) is 7.85. The molecule has 0 aromatic heterocycles. The van der Waals surface area contributed by atoms with Crippen molar-refractivity contribution in [2.24, 2.45) is 0 Å². The number of nitrogens with zero attached hydrogens (tertiary/aromatic N) is 2. The van der Waals surface area contributed by atoms with E-state index in [0.29, 0.717) is 24.5 Å². The largest absolute Gasteiger partial charge is 0.320 e. The van der Waals surface area contributed by atoms with Gasteiger partial charge in [-0.1, -0.05) is 24.3 Å². The summed E-state index contributed by atoms with van der Waals surface area (Å²) in [5.74, 6) is -0.410. The Kier molecular flexibility index (Phi) is 6.67. The van der Waals surface area contributed by atoms with E-state index in [0.717, 1.165) is 18.5 Å². The molecule has 1 aliphatic heterocycles. The van der Waals surface area contributed by atoms with Crippen LogP contribution >= 0.6 is 23.4 Å². The van der Waals surface area contributed by atoms with Crippen molar-refractivity contribution in [1.82, 2.24) is 9.62 Å². The van der Waals surface area contributed by atoms with Gasteiger partial charge in [-0.25, -0.2) is 8.70 Å². The second kappa shape index (κ2) is 8.35. The molecule has 5 nitrogen and oxygen atoms in total. The van der Waals surface area contributed by atoms with Gasteiger partial charge >= 0.3 is 0 Å². The molecule has 138 valence electrons. The highest BCUT2D eigenvalue weighted by Gasteiger charge is 2.37. The van der Waals surface area contributed by atoms with Crippen molar-refractivity contribution in [3.05, 3.63) is 59.9 Å². The number of nitrogens with one attached hydrogen (secondary N) is 1. The Morgan fingerprint density at radius 1 is 1.16 bits per heavy atom. The van der Waals surface area contributed by atoms with E-state index in [1.54, 1.807) is 16.4 Å². The number of hydrogen-bond acceptors (Lipinski definition) is 5. The normalized spacial score (nSPS) is 17.5. The third kappa shape index (κ3) is 4.08. The van der Waals surface area contributed by atoms with Gasteiger partial charge in [0.25, 0.3) is 0 Å². The Morgan fingerprint density at radius 3 is 2.64 bits per heavy atom. The van der Waals surface area contributed by atoms with E-state index in [-0.39, 0.29) is 12.4 Å². The molecule has 0 amide bonds. The second-order valence-corrected chi connectivity index (χ2v) is 7.57. The maximum atomic E-state index is 13.7. The minimum Gasteiger partial charge on any atom is -0.320 e. The van der Waals surface area contributed by atoms with Gasteiger partial charge in [0.15, 0.2) is 0 Å². The molecule has 0 unspecified atom stereocenters. The SMILES string of the molecule is CNCCCN1Cc2ccccc2N(c2cccc(F)c2)S1(O)O.Cl. The molecule has 2 aromatic carbocycles. The van der Waals surface area contributed by atoms with Gasteiger partial charge in [0.05, 0.1) is 11.4 Å². The third-order valence-corrected chi connectivity index (χ3v) is 5.93. The quantitative estimate of drug-likeness (QED) is 0.664. The van der Waals surface area contributed by atoms with E-state index >= 15 is 0 Å². The number of rotatable bonds is 5. The van der Waals surface area contributed by atoms with Crippen molar-refractivity contribution in [2.45, 2.75) is 13.0 Å². The molecule has 3 N–H and O–H groups in total. The van der Waals surface area contributed by atoms with Gasteiger partial charge in [-0.3, -0.25) is 9.11 Å². The number of halogens is 2. The number of benzene rings is 2. The predicted octanol–water partition coefficient (Wildman–Crippen LogP) is 4.39. The summed E-state index contributed by atoms with van der Waals surface area (Å²) in [6, 6.07) is 13.5. The highest BCUT2D eigenvalue weighted by molar-refractivity contribution is 8.23. The van der Waals surface area contributed by atoms with Gasteiger partial charge < -0.3 is 5.32 Å². The molecule has 0 spiro atoms. The third-order valence-electron chi connectivity index (χ3n) is 4.03. The molecular formula is C17H23ClFN3O2S. The van der Waals surface area contributed by atoms with Crippen molar-refractivity contribution < 1.29 is 13.5 Å². The van der Waals surface area contributed by atoms with Gasteiger partial charge in [0.1, 0.15) is 5.82 Å².